The molecular formula is C5H8O4. The van der Waals surface area contributed by atoms with Crippen LogP contribution >= 0.6 is 0 Å². The highest BCUT2D eigenvalue weighted by molar-refractivity contribution is 5.77. The van der Waals surface area contributed by atoms with Gasteiger partial charge >= 0.3 is 5.97 Å². The van der Waals surface area contributed by atoms with E-state index < -0.39 is 24.3 Å². The Labute approximate surface area is 52.1 Å². The van der Waals surface area contributed by atoms with Crippen molar-refractivity contribution in [2.24, 2.45) is 0 Å². The Bertz CT molecular complexity index is 133. The van der Waals surface area contributed by atoms with Gasteiger partial charge in [0.05, 0.1) is 0 Å². The van der Waals surface area contributed by atoms with Crippen LogP contribution in [0, 0.1) is 0 Å². The van der Waals surface area contributed by atoms with Gasteiger partial charge in [0.25, 0.3) is 0 Å². The molecule has 0 unspecified atom stereocenters. The van der Waals surface area contributed by atoms with Crippen molar-refractivity contribution in [3.05, 3.63) is 0 Å². The molecule has 0 aromatic carbocycles. The second-order valence-corrected chi connectivity index (χ2v) is 2.08. The van der Waals surface area contributed by atoms with E-state index in [9.17, 15) is 4.79 Å². The first-order valence-corrected chi connectivity index (χ1v) is 2.69. The number of hydrogen-bond acceptors (Lipinski definition) is 4. The summed E-state index contributed by atoms with van der Waals surface area (Å²) >= 11 is 0. The van der Waals surface area contributed by atoms with Gasteiger partial charge in [-0.05, 0) is 6.92 Å². The molecule has 0 bridgehead atoms. The van der Waals surface area contributed by atoms with Crippen molar-refractivity contribution in [2.45, 2.75) is 25.2 Å². The Kier molecular flexibility index (Phi) is 1.42. The van der Waals surface area contributed by atoms with E-state index in [4.69, 9.17) is 10.2 Å². The normalized spacial score (nSPS) is 43.0. The van der Waals surface area contributed by atoms with E-state index in [1.54, 1.807) is 0 Å². The number of aliphatic hydroxyl groups is 2. The van der Waals surface area contributed by atoms with Gasteiger partial charge < -0.3 is 14.9 Å². The summed E-state index contributed by atoms with van der Waals surface area (Å²) in [5.41, 5.74) is 0. The van der Waals surface area contributed by atoms with Crippen LogP contribution < -0.4 is 0 Å². The van der Waals surface area contributed by atoms with E-state index in [1.165, 1.54) is 6.92 Å². The van der Waals surface area contributed by atoms with E-state index in [1.807, 2.05) is 0 Å². The third-order valence-corrected chi connectivity index (χ3v) is 1.35. The average Bonchev–Trinajstić information content (AvgIpc) is 1.98. The smallest absolute Gasteiger partial charge is 0.338 e. The van der Waals surface area contributed by atoms with Crippen molar-refractivity contribution in [1.82, 2.24) is 0 Å². The van der Waals surface area contributed by atoms with Crippen LogP contribution in [0.25, 0.3) is 0 Å². The van der Waals surface area contributed by atoms with Crippen molar-refractivity contribution >= 4 is 5.97 Å². The van der Waals surface area contributed by atoms with Gasteiger partial charge in [0.15, 0.2) is 6.10 Å². The van der Waals surface area contributed by atoms with Gasteiger partial charge in [-0.25, -0.2) is 4.79 Å². The molecule has 9 heavy (non-hydrogen) atoms. The summed E-state index contributed by atoms with van der Waals surface area (Å²) in [6.45, 7) is 1.53. The zero-order valence-corrected chi connectivity index (χ0v) is 4.94. The van der Waals surface area contributed by atoms with Crippen LogP contribution in [-0.2, 0) is 9.53 Å². The van der Waals surface area contributed by atoms with Crippen LogP contribution in [0.1, 0.15) is 6.92 Å². The van der Waals surface area contributed by atoms with Crippen LogP contribution in [0.5, 0.6) is 0 Å². The van der Waals surface area contributed by atoms with Crippen LogP contribution in [0.3, 0.4) is 0 Å². The zero-order valence-electron chi connectivity index (χ0n) is 4.94. The first kappa shape index (κ1) is 6.51. The van der Waals surface area contributed by atoms with Gasteiger partial charge in [-0.15, -0.1) is 0 Å². The summed E-state index contributed by atoms with van der Waals surface area (Å²) in [4.78, 5) is 10.4. The summed E-state index contributed by atoms with van der Waals surface area (Å²) in [7, 11) is 0. The number of hydrogen-bond donors (Lipinski definition) is 2. The van der Waals surface area contributed by atoms with E-state index in [2.05, 4.69) is 4.74 Å². The second-order valence-electron chi connectivity index (χ2n) is 2.08. The first-order chi connectivity index (χ1) is 4.13. The molecule has 0 aromatic rings. The molecule has 1 fully saturated rings. The molecule has 52 valence electrons. The molecule has 0 spiro atoms. The van der Waals surface area contributed by atoms with Crippen molar-refractivity contribution in [1.29, 1.82) is 0 Å². The fourth-order valence-corrected chi connectivity index (χ4v) is 0.719. The Morgan fingerprint density at radius 1 is 1.56 bits per heavy atom. The standard InChI is InChI=1S/C5H8O4/c1-2-3(6)4(7)5(8)9-2/h2-4,6-7H,1H3/t2-,3-,4+/m0/s1. The predicted octanol–water partition coefficient (Wildman–Crippen LogP) is -1.35. The molecule has 0 saturated carbocycles. The molecule has 4 heteroatoms. The van der Waals surface area contributed by atoms with Gasteiger partial charge in [-0.2, -0.15) is 0 Å². The van der Waals surface area contributed by atoms with Crippen molar-refractivity contribution in [3.63, 3.8) is 0 Å². The first-order valence-electron chi connectivity index (χ1n) is 2.69. The molecule has 1 aliphatic heterocycles. The molecule has 2 N–H and O–H groups in total. The summed E-state index contributed by atoms with van der Waals surface area (Å²) in [6, 6.07) is 0. The predicted molar refractivity (Wildman–Crippen MR) is 27.6 cm³/mol. The monoisotopic (exact) mass is 132 g/mol. The zero-order chi connectivity index (χ0) is 7.02. The molecule has 0 amide bonds. The van der Waals surface area contributed by atoms with Gasteiger partial charge in [0, 0.05) is 0 Å². The number of cyclic esters (lactones) is 1. The number of carbonyl (C=O) groups excluding carboxylic acids is 1. The molecule has 1 rings (SSSR count). The molecular weight excluding hydrogens is 124 g/mol. The Morgan fingerprint density at radius 2 is 2.11 bits per heavy atom. The van der Waals surface area contributed by atoms with Crippen molar-refractivity contribution < 1.29 is 19.7 Å². The van der Waals surface area contributed by atoms with Gasteiger partial charge in [0.2, 0.25) is 0 Å². The number of ether oxygens (including phenoxy) is 1. The minimum atomic E-state index is -1.35. The van der Waals surface area contributed by atoms with E-state index >= 15 is 0 Å². The maximum Gasteiger partial charge on any atom is 0.338 e. The fourth-order valence-electron chi connectivity index (χ4n) is 0.719. The number of carbonyl (C=O) groups is 1. The maximum absolute atomic E-state index is 10.4. The van der Waals surface area contributed by atoms with Crippen LogP contribution in [0.4, 0.5) is 0 Å². The molecule has 1 heterocycles. The highest BCUT2D eigenvalue weighted by Gasteiger charge is 2.39. The lowest BCUT2D eigenvalue weighted by Gasteiger charge is -2.04. The molecule has 4 nitrogen and oxygen atoms in total. The third-order valence-electron chi connectivity index (χ3n) is 1.35. The lowest BCUT2D eigenvalue weighted by molar-refractivity contribution is -0.146. The highest BCUT2D eigenvalue weighted by atomic mass is 16.6. The highest BCUT2D eigenvalue weighted by Crippen LogP contribution is 2.14. The third kappa shape index (κ3) is 0.906. The molecule has 0 radical (unpaired) electrons. The number of esters is 1. The second kappa shape index (κ2) is 1.97. The molecule has 3 atom stereocenters. The van der Waals surface area contributed by atoms with E-state index in [0.29, 0.717) is 0 Å². The SMILES string of the molecule is C[C@@H]1OC(=O)[C@H](O)[C@H]1O. The van der Waals surface area contributed by atoms with Gasteiger partial charge in [-0.1, -0.05) is 0 Å². The topological polar surface area (TPSA) is 66.8 Å². The Morgan fingerprint density at radius 3 is 2.22 bits per heavy atom. The average molecular weight is 132 g/mol. The molecule has 1 saturated heterocycles. The van der Waals surface area contributed by atoms with E-state index in [-0.39, 0.29) is 0 Å². The van der Waals surface area contributed by atoms with Gasteiger partial charge in [-0.3, -0.25) is 0 Å². The molecule has 0 aliphatic carbocycles. The number of rotatable bonds is 0. The fraction of sp³-hybridized carbons (Fsp3) is 0.800. The van der Waals surface area contributed by atoms with Gasteiger partial charge in [0.1, 0.15) is 12.2 Å². The molecule has 0 aromatic heterocycles. The largest absolute Gasteiger partial charge is 0.458 e. The number of aliphatic hydroxyl groups excluding tert-OH is 2. The Hall–Kier alpha value is -0.610. The van der Waals surface area contributed by atoms with Crippen molar-refractivity contribution in [3.8, 4) is 0 Å². The molecule has 1 aliphatic rings. The summed E-state index contributed by atoms with van der Waals surface area (Å²) < 4.78 is 4.45. The summed E-state index contributed by atoms with van der Waals surface area (Å²) in [5, 5.41) is 17.6. The van der Waals surface area contributed by atoms with E-state index in [0.717, 1.165) is 0 Å². The lowest BCUT2D eigenvalue weighted by atomic mass is 10.2. The quantitative estimate of drug-likeness (QED) is 0.400. The van der Waals surface area contributed by atoms with Crippen LogP contribution in [0.2, 0.25) is 0 Å². The van der Waals surface area contributed by atoms with Crippen molar-refractivity contribution in [2.75, 3.05) is 0 Å². The summed E-state index contributed by atoms with van der Waals surface area (Å²) in [5.74, 6) is -0.741. The Balaban J connectivity index is 2.65. The minimum Gasteiger partial charge on any atom is -0.458 e. The minimum absolute atomic E-state index is 0.576. The van der Waals surface area contributed by atoms with Crippen LogP contribution in [0.15, 0.2) is 0 Å². The maximum atomic E-state index is 10.4. The summed E-state index contributed by atoms with van der Waals surface area (Å²) in [6.07, 6.45) is -2.98. The van der Waals surface area contributed by atoms with Crippen LogP contribution in [-0.4, -0.2) is 34.5 Å². The lowest BCUT2D eigenvalue weighted by Crippen LogP contribution is -2.29.